The van der Waals surface area contributed by atoms with Crippen molar-refractivity contribution in [2.45, 2.75) is 19.2 Å². The maximum absolute atomic E-state index is 11.4. The highest BCUT2D eigenvalue weighted by Crippen LogP contribution is 2.25. The summed E-state index contributed by atoms with van der Waals surface area (Å²) < 4.78 is 0. The molecule has 0 bridgehead atoms. The number of nitrogens with one attached hydrogen (secondary N) is 1. The number of aromatic nitrogens is 1. The molecule has 1 N–H and O–H groups in total. The number of hydrogen-bond donors (Lipinski definition) is 1. The molecule has 2 rings (SSSR count). The van der Waals surface area contributed by atoms with Crippen molar-refractivity contribution in [3.8, 4) is 11.3 Å². The van der Waals surface area contributed by atoms with Gasteiger partial charge in [-0.25, -0.2) is 4.98 Å². The van der Waals surface area contributed by atoms with Crippen molar-refractivity contribution in [3.63, 3.8) is 0 Å². The first-order valence-electron chi connectivity index (χ1n) is 5.54. The molecule has 1 atom stereocenters. The third kappa shape index (κ3) is 3.09. The zero-order valence-electron chi connectivity index (χ0n) is 10.1. The van der Waals surface area contributed by atoms with Gasteiger partial charge in [-0.2, -0.15) is 0 Å². The summed E-state index contributed by atoms with van der Waals surface area (Å²) in [5, 5.41) is 4.61. The number of carbonyl (C=O) groups excluding carboxylic acids is 1. The summed E-state index contributed by atoms with van der Waals surface area (Å²) in [6, 6.07) is 8.10. The maximum atomic E-state index is 11.4. The molecule has 94 valence electrons. The Kier molecular flexibility index (Phi) is 3.99. The summed E-state index contributed by atoms with van der Waals surface area (Å²) in [6.07, 6.45) is 0. The highest BCUT2D eigenvalue weighted by molar-refractivity contribution is 7.14. The van der Waals surface area contributed by atoms with Gasteiger partial charge in [-0.15, -0.1) is 22.9 Å². The molecule has 3 nitrogen and oxygen atoms in total. The second-order valence-corrected chi connectivity index (χ2v) is 5.52. The second-order valence-electron chi connectivity index (χ2n) is 4.01. The first kappa shape index (κ1) is 13.1. The van der Waals surface area contributed by atoms with Gasteiger partial charge in [0.15, 0.2) is 5.13 Å². The van der Waals surface area contributed by atoms with E-state index in [0.717, 1.165) is 11.3 Å². The van der Waals surface area contributed by atoms with E-state index in [4.69, 9.17) is 11.6 Å². The number of rotatable bonds is 3. The monoisotopic (exact) mass is 280 g/mol. The van der Waals surface area contributed by atoms with Crippen LogP contribution in [0.2, 0.25) is 0 Å². The number of amides is 1. The molecule has 1 amide bonds. The normalized spacial score (nSPS) is 12.2. The van der Waals surface area contributed by atoms with Crippen LogP contribution in [0.3, 0.4) is 0 Å². The summed E-state index contributed by atoms with van der Waals surface area (Å²) >= 11 is 7.08. The Hall–Kier alpha value is -1.39. The second kappa shape index (κ2) is 5.50. The van der Waals surface area contributed by atoms with Crippen molar-refractivity contribution in [1.29, 1.82) is 0 Å². The van der Waals surface area contributed by atoms with Gasteiger partial charge in [0.25, 0.3) is 0 Å². The number of benzene rings is 1. The smallest absolute Gasteiger partial charge is 0.243 e. The van der Waals surface area contributed by atoms with E-state index in [1.165, 1.54) is 16.9 Å². The van der Waals surface area contributed by atoms with Crippen LogP contribution in [-0.4, -0.2) is 16.3 Å². The summed E-state index contributed by atoms with van der Waals surface area (Å²) in [7, 11) is 0. The Balaban J connectivity index is 2.15. The first-order chi connectivity index (χ1) is 8.56. The molecule has 0 spiro atoms. The summed E-state index contributed by atoms with van der Waals surface area (Å²) in [5.41, 5.74) is 3.10. The van der Waals surface area contributed by atoms with Crippen LogP contribution in [0, 0.1) is 6.92 Å². The molecule has 1 aromatic heterocycles. The minimum absolute atomic E-state index is 0.235. The van der Waals surface area contributed by atoms with Crippen molar-refractivity contribution in [3.05, 3.63) is 35.2 Å². The average Bonchev–Trinajstić information content (AvgIpc) is 2.78. The molecule has 0 saturated heterocycles. The predicted molar refractivity (Wildman–Crippen MR) is 76.2 cm³/mol. The molecule has 1 unspecified atom stereocenters. The molecule has 0 aliphatic heterocycles. The summed E-state index contributed by atoms with van der Waals surface area (Å²) in [6.45, 7) is 3.67. The number of anilines is 1. The van der Waals surface area contributed by atoms with Gasteiger partial charge >= 0.3 is 0 Å². The fourth-order valence-electron chi connectivity index (χ4n) is 1.39. The SMILES string of the molecule is Cc1ccc(-c2csc(NC(=O)C(C)Cl)n2)cc1. The molecule has 1 heterocycles. The molecular weight excluding hydrogens is 268 g/mol. The van der Waals surface area contributed by atoms with Gasteiger partial charge in [-0.1, -0.05) is 29.8 Å². The standard InChI is InChI=1S/C13H13ClN2OS/c1-8-3-5-10(6-4-8)11-7-18-13(15-11)16-12(17)9(2)14/h3-7,9H,1-2H3,(H,15,16,17). The summed E-state index contributed by atoms with van der Waals surface area (Å²) in [5.74, 6) is -0.235. The number of halogens is 1. The Morgan fingerprint density at radius 3 is 2.67 bits per heavy atom. The average molecular weight is 281 g/mol. The van der Waals surface area contributed by atoms with Crippen LogP contribution in [0.5, 0.6) is 0 Å². The van der Waals surface area contributed by atoms with Gasteiger partial charge in [0.1, 0.15) is 5.38 Å². The third-order valence-corrected chi connectivity index (χ3v) is 3.40. The molecule has 1 aromatic carbocycles. The van der Waals surface area contributed by atoms with Crippen LogP contribution in [0.15, 0.2) is 29.6 Å². The van der Waals surface area contributed by atoms with Crippen LogP contribution >= 0.6 is 22.9 Å². The Bertz CT molecular complexity index is 548. The number of alkyl halides is 1. The van der Waals surface area contributed by atoms with Crippen LogP contribution in [0.1, 0.15) is 12.5 Å². The van der Waals surface area contributed by atoms with Gasteiger partial charge in [-0.3, -0.25) is 4.79 Å². The minimum Gasteiger partial charge on any atom is -0.301 e. The number of thiazole rings is 1. The zero-order chi connectivity index (χ0) is 13.1. The fourth-order valence-corrected chi connectivity index (χ4v) is 2.17. The van der Waals surface area contributed by atoms with E-state index in [0.29, 0.717) is 5.13 Å². The van der Waals surface area contributed by atoms with Crippen LogP contribution < -0.4 is 5.32 Å². The van der Waals surface area contributed by atoms with Gasteiger partial charge < -0.3 is 5.32 Å². The van der Waals surface area contributed by atoms with E-state index in [9.17, 15) is 4.79 Å². The Labute approximate surface area is 115 Å². The molecule has 5 heteroatoms. The molecular formula is C13H13ClN2OS. The maximum Gasteiger partial charge on any atom is 0.243 e. The lowest BCUT2D eigenvalue weighted by Gasteiger charge is -2.02. The molecule has 0 aliphatic carbocycles. The Morgan fingerprint density at radius 1 is 1.39 bits per heavy atom. The van der Waals surface area contributed by atoms with E-state index >= 15 is 0 Å². The first-order valence-corrected chi connectivity index (χ1v) is 6.85. The molecule has 2 aromatic rings. The van der Waals surface area contributed by atoms with Gasteiger partial charge in [0.05, 0.1) is 5.69 Å². The molecule has 0 saturated carbocycles. The third-order valence-electron chi connectivity index (χ3n) is 2.44. The number of aryl methyl sites for hydroxylation is 1. The van der Waals surface area contributed by atoms with E-state index in [1.807, 2.05) is 36.6 Å². The van der Waals surface area contributed by atoms with Crippen molar-refractivity contribution >= 4 is 34.0 Å². The lowest BCUT2D eigenvalue weighted by atomic mass is 10.1. The van der Waals surface area contributed by atoms with Crippen molar-refractivity contribution in [1.82, 2.24) is 4.98 Å². The quantitative estimate of drug-likeness (QED) is 0.872. The van der Waals surface area contributed by atoms with Crippen LogP contribution in [0.25, 0.3) is 11.3 Å². The molecule has 0 radical (unpaired) electrons. The van der Waals surface area contributed by atoms with Crippen LogP contribution in [-0.2, 0) is 4.79 Å². The topological polar surface area (TPSA) is 42.0 Å². The van der Waals surface area contributed by atoms with E-state index in [1.54, 1.807) is 6.92 Å². The van der Waals surface area contributed by atoms with Gasteiger partial charge in [-0.05, 0) is 13.8 Å². The van der Waals surface area contributed by atoms with Gasteiger partial charge in [0, 0.05) is 10.9 Å². The van der Waals surface area contributed by atoms with E-state index in [-0.39, 0.29) is 5.91 Å². The molecule has 0 fully saturated rings. The van der Waals surface area contributed by atoms with Gasteiger partial charge in [0.2, 0.25) is 5.91 Å². The van der Waals surface area contributed by atoms with E-state index in [2.05, 4.69) is 10.3 Å². The molecule has 0 aliphatic rings. The number of carbonyl (C=O) groups is 1. The van der Waals surface area contributed by atoms with Crippen LogP contribution in [0.4, 0.5) is 5.13 Å². The number of nitrogens with zero attached hydrogens (tertiary/aromatic N) is 1. The Morgan fingerprint density at radius 2 is 2.06 bits per heavy atom. The lowest BCUT2D eigenvalue weighted by Crippen LogP contribution is -2.20. The minimum atomic E-state index is -0.559. The largest absolute Gasteiger partial charge is 0.301 e. The fraction of sp³-hybridized carbons (Fsp3) is 0.231. The highest BCUT2D eigenvalue weighted by atomic mass is 35.5. The molecule has 18 heavy (non-hydrogen) atoms. The highest BCUT2D eigenvalue weighted by Gasteiger charge is 2.12. The van der Waals surface area contributed by atoms with Crippen molar-refractivity contribution in [2.24, 2.45) is 0 Å². The number of hydrogen-bond acceptors (Lipinski definition) is 3. The summed E-state index contributed by atoms with van der Waals surface area (Å²) in [4.78, 5) is 15.8. The van der Waals surface area contributed by atoms with E-state index < -0.39 is 5.38 Å². The van der Waals surface area contributed by atoms with Crippen molar-refractivity contribution in [2.75, 3.05) is 5.32 Å². The lowest BCUT2D eigenvalue weighted by molar-refractivity contribution is -0.115. The predicted octanol–water partition coefficient (Wildman–Crippen LogP) is 3.68. The zero-order valence-corrected chi connectivity index (χ0v) is 11.7. The van der Waals surface area contributed by atoms with Crippen molar-refractivity contribution < 1.29 is 4.79 Å².